The van der Waals surface area contributed by atoms with Crippen molar-refractivity contribution in [3.05, 3.63) is 30.3 Å². The topological polar surface area (TPSA) is 67.6 Å². The van der Waals surface area contributed by atoms with E-state index < -0.39 is 0 Å². The van der Waals surface area contributed by atoms with E-state index in [1.165, 1.54) is 4.90 Å². The minimum absolute atomic E-state index is 0.00480. The lowest BCUT2D eigenvalue weighted by molar-refractivity contribution is -0.120. The number of benzene rings is 1. The van der Waals surface area contributed by atoms with Gasteiger partial charge in [0.05, 0.1) is 0 Å². The fraction of sp³-hybridized carbons (Fsp3) is 0.200. The average Bonchev–Trinajstić information content (AvgIpc) is 2.35. The maximum absolute atomic E-state index is 11.6. The molecule has 0 fully saturated rings. The summed E-state index contributed by atoms with van der Waals surface area (Å²) in [5, 5.41) is -0.00480. The van der Waals surface area contributed by atoms with Crippen LogP contribution in [0.15, 0.2) is 30.3 Å². The molecule has 3 N–H and O–H groups in total. The van der Waals surface area contributed by atoms with Crippen molar-refractivity contribution in [3.63, 3.8) is 0 Å². The van der Waals surface area contributed by atoms with E-state index in [2.05, 4.69) is 17.6 Å². The smallest absolute Gasteiger partial charge is 0.271 e. The van der Waals surface area contributed by atoms with Crippen molar-refractivity contribution in [1.82, 2.24) is 5.43 Å². The highest BCUT2D eigenvalue weighted by Gasteiger charge is 2.11. The second kappa shape index (κ2) is 6.04. The third kappa shape index (κ3) is 3.48. The molecule has 0 aliphatic heterocycles. The molecule has 0 heterocycles. The number of hydrogen-bond donors (Lipinski definition) is 2. The monoisotopic (exact) mass is 239 g/mol. The number of carbonyl (C=O) groups is 1. The van der Waals surface area contributed by atoms with Crippen molar-refractivity contribution < 1.29 is 9.53 Å². The Morgan fingerprint density at radius 1 is 1.50 bits per heavy atom. The first-order valence-electron chi connectivity index (χ1n) is 4.60. The van der Waals surface area contributed by atoms with E-state index in [1.807, 2.05) is 30.3 Å². The van der Waals surface area contributed by atoms with Crippen LogP contribution >= 0.6 is 12.2 Å². The summed E-state index contributed by atoms with van der Waals surface area (Å²) in [4.78, 5) is 13.1. The molecule has 5 nitrogen and oxygen atoms in total. The molecule has 0 unspecified atom stereocenters. The highest BCUT2D eigenvalue weighted by molar-refractivity contribution is 7.80. The van der Waals surface area contributed by atoms with E-state index >= 15 is 0 Å². The molecule has 1 rings (SSSR count). The van der Waals surface area contributed by atoms with Gasteiger partial charge in [-0.25, -0.2) is 5.84 Å². The van der Waals surface area contributed by atoms with E-state index in [-0.39, 0.29) is 17.7 Å². The predicted molar refractivity (Wildman–Crippen MR) is 65.7 cm³/mol. The molecular formula is C10H13N3O2S. The molecule has 16 heavy (non-hydrogen) atoms. The van der Waals surface area contributed by atoms with E-state index in [1.54, 1.807) is 7.05 Å². The first-order valence-corrected chi connectivity index (χ1v) is 5.01. The summed E-state index contributed by atoms with van der Waals surface area (Å²) >= 11 is 4.65. The number of para-hydroxylation sites is 1. The van der Waals surface area contributed by atoms with Crippen molar-refractivity contribution in [2.24, 2.45) is 5.84 Å². The molecule has 86 valence electrons. The van der Waals surface area contributed by atoms with Crippen LogP contribution in [0.1, 0.15) is 0 Å². The van der Waals surface area contributed by atoms with E-state index in [0.717, 1.165) is 5.69 Å². The van der Waals surface area contributed by atoms with Crippen LogP contribution in [0.4, 0.5) is 5.69 Å². The van der Waals surface area contributed by atoms with Gasteiger partial charge < -0.3 is 9.64 Å². The van der Waals surface area contributed by atoms with Gasteiger partial charge in [0.15, 0.2) is 6.61 Å². The molecule has 1 aromatic rings. The zero-order chi connectivity index (χ0) is 12.0. The number of carbonyl (C=O) groups excluding carboxylic acids is 1. The number of nitrogens with two attached hydrogens (primary N) is 1. The number of thiocarbonyl (C=S) groups is 1. The number of ether oxygens (including phenoxy) is 1. The SMILES string of the molecule is CN(C(=O)COC(=S)NN)c1ccccc1. The van der Waals surface area contributed by atoms with E-state index in [4.69, 9.17) is 10.6 Å². The summed E-state index contributed by atoms with van der Waals surface area (Å²) in [7, 11) is 1.67. The molecule has 0 aromatic heterocycles. The first kappa shape index (κ1) is 12.4. The van der Waals surface area contributed by atoms with Gasteiger partial charge in [0.25, 0.3) is 11.1 Å². The Balaban J connectivity index is 2.52. The van der Waals surface area contributed by atoms with Gasteiger partial charge in [-0.05, 0) is 24.4 Å². The molecule has 0 aliphatic rings. The van der Waals surface area contributed by atoms with Gasteiger partial charge in [0.1, 0.15) is 0 Å². The van der Waals surface area contributed by atoms with Crippen LogP contribution in [0.3, 0.4) is 0 Å². The third-order valence-corrected chi connectivity index (χ3v) is 2.20. The summed E-state index contributed by atoms with van der Waals surface area (Å²) in [6, 6.07) is 9.25. The minimum atomic E-state index is -0.205. The van der Waals surface area contributed by atoms with E-state index in [0.29, 0.717) is 0 Å². The Hall–Kier alpha value is -1.66. The Labute approximate surface area is 99.1 Å². The molecule has 6 heteroatoms. The van der Waals surface area contributed by atoms with Crippen molar-refractivity contribution in [2.75, 3.05) is 18.6 Å². The Morgan fingerprint density at radius 2 is 2.12 bits per heavy atom. The van der Waals surface area contributed by atoms with Crippen LogP contribution in [0, 0.1) is 0 Å². The molecule has 0 atom stereocenters. The number of nitrogens with zero attached hydrogens (tertiary/aromatic N) is 1. The quantitative estimate of drug-likeness (QED) is 0.454. The van der Waals surface area contributed by atoms with Gasteiger partial charge in [-0.3, -0.25) is 10.2 Å². The zero-order valence-corrected chi connectivity index (χ0v) is 9.66. The lowest BCUT2D eigenvalue weighted by atomic mass is 10.3. The van der Waals surface area contributed by atoms with Crippen LogP contribution < -0.4 is 16.2 Å². The van der Waals surface area contributed by atoms with Gasteiger partial charge in [-0.2, -0.15) is 0 Å². The van der Waals surface area contributed by atoms with Crippen molar-refractivity contribution in [2.45, 2.75) is 0 Å². The predicted octanol–water partition coefficient (Wildman–Crippen LogP) is 0.414. The van der Waals surface area contributed by atoms with Gasteiger partial charge in [-0.15, -0.1) is 0 Å². The number of hydrazine groups is 1. The van der Waals surface area contributed by atoms with Crippen LogP contribution in [0.25, 0.3) is 0 Å². The van der Waals surface area contributed by atoms with Crippen LogP contribution in [-0.2, 0) is 9.53 Å². The number of rotatable bonds is 3. The molecule has 0 aliphatic carbocycles. The van der Waals surface area contributed by atoms with Crippen LogP contribution in [0.2, 0.25) is 0 Å². The second-order valence-electron chi connectivity index (χ2n) is 3.01. The van der Waals surface area contributed by atoms with Gasteiger partial charge in [0, 0.05) is 12.7 Å². The lowest BCUT2D eigenvalue weighted by Crippen LogP contribution is -2.35. The number of hydrogen-bond acceptors (Lipinski definition) is 4. The zero-order valence-electron chi connectivity index (χ0n) is 8.84. The molecule has 1 amide bonds. The summed E-state index contributed by atoms with van der Waals surface area (Å²) in [6.07, 6.45) is 0. The van der Waals surface area contributed by atoms with Crippen LogP contribution in [-0.4, -0.2) is 24.7 Å². The summed E-state index contributed by atoms with van der Waals surface area (Å²) in [5.41, 5.74) is 2.93. The van der Waals surface area contributed by atoms with E-state index in [9.17, 15) is 4.79 Å². The van der Waals surface area contributed by atoms with Crippen molar-refractivity contribution in [3.8, 4) is 0 Å². The number of amides is 1. The Morgan fingerprint density at radius 3 is 2.69 bits per heavy atom. The maximum atomic E-state index is 11.6. The number of anilines is 1. The maximum Gasteiger partial charge on any atom is 0.271 e. The number of nitrogens with one attached hydrogen (secondary N) is 1. The van der Waals surface area contributed by atoms with Gasteiger partial charge in [-0.1, -0.05) is 18.2 Å². The van der Waals surface area contributed by atoms with Crippen molar-refractivity contribution >= 4 is 29.0 Å². The fourth-order valence-corrected chi connectivity index (χ4v) is 1.12. The largest absolute Gasteiger partial charge is 0.460 e. The molecule has 0 saturated heterocycles. The summed E-state index contributed by atoms with van der Waals surface area (Å²) in [5.74, 6) is 4.80. The summed E-state index contributed by atoms with van der Waals surface area (Å²) in [6.45, 7) is -0.144. The molecular weight excluding hydrogens is 226 g/mol. The minimum Gasteiger partial charge on any atom is -0.460 e. The lowest BCUT2D eigenvalue weighted by Gasteiger charge is -2.17. The normalized spacial score (nSPS) is 9.38. The Kier molecular flexibility index (Phi) is 4.68. The van der Waals surface area contributed by atoms with Gasteiger partial charge >= 0.3 is 0 Å². The summed E-state index contributed by atoms with van der Waals surface area (Å²) < 4.78 is 4.90. The molecule has 0 saturated carbocycles. The standard InChI is InChI=1S/C10H13N3O2S/c1-13(8-5-3-2-4-6-8)9(14)7-15-10(16)12-11/h2-6H,7,11H2,1H3,(H,12,16). The molecule has 0 bridgehead atoms. The highest BCUT2D eigenvalue weighted by Crippen LogP contribution is 2.10. The third-order valence-electron chi connectivity index (χ3n) is 1.96. The van der Waals surface area contributed by atoms with Crippen LogP contribution in [0.5, 0.6) is 0 Å². The molecule has 0 radical (unpaired) electrons. The number of likely N-dealkylation sites (N-methyl/N-ethyl adjacent to an activating group) is 1. The Bertz CT molecular complexity index is 370. The van der Waals surface area contributed by atoms with Gasteiger partial charge in [0.2, 0.25) is 0 Å². The molecule has 1 aromatic carbocycles. The fourth-order valence-electron chi connectivity index (χ4n) is 1.06. The first-order chi connectivity index (χ1) is 7.65. The molecule has 0 spiro atoms. The second-order valence-corrected chi connectivity index (χ2v) is 3.38. The van der Waals surface area contributed by atoms with Crippen molar-refractivity contribution in [1.29, 1.82) is 0 Å². The average molecular weight is 239 g/mol. The highest BCUT2D eigenvalue weighted by atomic mass is 32.1.